The fourth-order valence-electron chi connectivity index (χ4n) is 8.41. The summed E-state index contributed by atoms with van der Waals surface area (Å²) in [6.07, 6.45) is 0. The lowest BCUT2D eigenvalue weighted by Crippen LogP contribution is -2.45. The first kappa shape index (κ1) is 28.7. The number of carbonyl (C=O) groups is 3. The van der Waals surface area contributed by atoms with E-state index in [9.17, 15) is 0 Å². The van der Waals surface area contributed by atoms with Crippen LogP contribution in [0.4, 0.5) is 5.69 Å². The van der Waals surface area contributed by atoms with Gasteiger partial charge in [0.15, 0.2) is 5.78 Å². The summed E-state index contributed by atoms with van der Waals surface area (Å²) in [6, 6.07) is 41.2. The third kappa shape index (κ3) is 3.60. The predicted octanol–water partition coefficient (Wildman–Crippen LogP) is 8.49. The van der Waals surface area contributed by atoms with Gasteiger partial charge in [-0.15, -0.1) is 0 Å². The SMILES string of the molecule is Cc1ccccc1N1C(=O)C2C(C1=O)C1(c3ccc(Cl)cc3)C(=O)C2(c2ccc(Cl)cc2)C(c2ccccc2)=C1c1ccccc1. The highest BCUT2D eigenvalue weighted by atomic mass is 35.5. The monoisotopic (exact) mass is 639 g/mol. The minimum Gasteiger partial charge on any atom is -0.297 e. The number of benzene rings is 5. The van der Waals surface area contributed by atoms with Gasteiger partial charge in [0, 0.05) is 10.0 Å². The van der Waals surface area contributed by atoms with Gasteiger partial charge in [0.2, 0.25) is 11.8 Å². The number of fused-ring (bicyclic) bond motifs is 5. The summed E-state index contributed by atoms with van der Waals surface area (Å²) in [4.78, 5) is 47.4. The van der Waals surface area contributed by atoms with Gasteiger partial charge < -0.3 is 0 Å². The summed E-state index contributed by atoms with van der Waals surface area (Å²) < 4.78 is 0. The lowest BCUT2D eigenvalue weighted by Gasteiger charge is -2.39. The molecule has 0 radical (unpaired) electrons. The first-order chi connectivity index (χ1) is 22.3. The Bertz CT molecular complexity index is 1960. The number of hydrogen-bond donors (Lipinski definition) is 0. The fraction of sp³-hybridized carbons (Fsp3) is 0.125. The van der Waals surface area contributed by atoms with Crippen LogP contribution in [0.1, 0.15) is 27.8 Å². The molecule has 4 nitrogen and oxygen atoms in total. The topological polar surface area (TPSA) is 54.5 Å². The summed E-state index contributed by atoms with van der Waals surface area (Å²) in [5.41, 5.74) is 2.68. The second-order valence-electron chi connectivity index (χ2n) is 12.2. The molecule has 8 rings (SSSR count). The molecule has 2 fully saturated rings. The maximum Gasteiger partial charge on any atom is 0.239 e. The number of imide groups is 1. The standard InChI is InChI=1S/C40H27Cl2NO3/c1-24-10-8-9-15-31(24)43-36(44)34-35(37(43)45)40(28-18-22-30(42)23-19-28)33(26-13-6-3-7-14-26)32(25-11-4-2-5-12-25)39(34,38(40)46)27-16-20-29(41)21-17-27/h2-23,34-35H,1H3. The summed E-state index contributed by atoms with van der Waals surface area (Å²) in [5.74, 6) is -2.98. The Morgan fingerprint density at radius 2 is 0.913 bits per heavy atom. The van der Waals surface area contributed by atoms with Crippen molar-refractivity contribution in [1.82, 2.24) is 0 Å². The van der Waals surface area contributed by atoms with Gasteiger partial charge in [-0.05, 0) is 76.2 Å². The normalized spacial score (nSPS) is 25.0. The van der Waals surface area contributed by atoms with Crippen molar-refractivity contribution in [3.63, 3.8) is 0 Å². The van der Waals surface area contributed by atoms with Gasteiger partial charge in [0.1, 0.15) is 0 Å². The van der Waals surface area contributed by atoms with Crippen LogP contribution in [0.3, 0.4) is 0 Å². The zero-order valence-electron chi connectivity index (χ0n) is 24.8. The van der Waals surface area contributed by atoms with E-state index in [1.54, 1.807) is 30.3 Å². The van der Waals surface area contributed by atoms with Crippen molar-refractivity contribution >= 4 is 57.6 Å². The maximum absolute atomic E-state index is 15.9. The highest BCUT2D eigenvalue weighted by Crippen LogP contribution is 2.74. The molecular weight excluding hydrogens is 613 g/mol. The molecular formula is C40H27Cl2NO3. The second-order valence-corrected chi connectivity index (χ2v) is 13.1. The first-order valence-electron chi connectivity index (χ1n) is 15.2. The number of allylic oxidation sites excluding steroid dienone is 2. The van der Waals surface area contributed by atoms with Crippen LogP contribution in [0.25, 0.3) is 11.1 Å². The number of hydrogen-bond acceptors (Lipinski definition) is 3. The molecule has 224 valence electrons. The van der Waals surface area contributed by atoms with Gasteiger partial charge in [-0.25, -0.2) is 4.90 Å². The van der Waals surface area contributed by atoms with Crippen LogP contribution >= 0.6 is 23.2 Å². The van der Waals surface area contributed by atoms with E-state index in [2.05, 4.69) is 0 Å². The van der Waals surface area contributed by atoms with E-state index in [-0.39, 0.29) is 17.6 Å². The van der Waals surface area contributed by atoms with Crippen LogP contribution < -0.4 is 4.90 Å². The van der Waals surface area contributed by atoms with Crippen LogP contribution in [-0.4, -0.2) is 17.6 Å². The third-order valence-electron chi connectivity index (χ3n) is 10.1. The Hall–Kier alpha value is -4.77. The van der Waals surface area contributed by atoms with Crippen molar-refractivity contribution in [1.29, 1.82) is 0 Å². The van der Waals surface area contributed by atoms with E-state index in [1.807, 2.05) is 110 Å². The van der Waals surface area contributed by atoms with Gasteiger partial charge in [-0.2, -0.15) is 0 Å². The quantitative estimate of drug-likeness (QED) is 0.181. The summed E-state index contributed by atoms with van der Waals surface area (Å²) >= 11 is 12.8. The average molecular weight is 641 g/mol. The van der Waals surface area contributed by atoms with E-state index in [0.29, 0.717) is 26.9 Å². The highest BCUT2D eigenvalue weighted by molar-refractivity contribution is 6.39. The molecule has 1 saturated heterocycles. The Labute approximate surface area is 276 Å². The number of ketones is 1. The highest BCUT2D eigenvalue weighted by Gasteiger charge is 2.82. The van der Waals surface area contributed by atoms with Crippen molar-refractivity contribution in [3.8, 4) is 0 Å². The van der Waals surface area contributed by atoms with Crippen LogP contribution in [-0.2, 0) is 25.2 Å². The van der Waals surface area contributed by atoms with E-state index in [1.165, 1.54) is 4.90 Å². The Kier molecular flexibility index (Phi) is 6.47. The third-order valence-corrected chi connectivity index (χ3v) is 10.6. The number of nitrogens with zero attached hydrogens (tertiary/aromatic N) is 1. The van der Waals surface area contributed by atoms with Crippen LogP contribution in [0.5, 0.6) is 0 Å². The van der Waals surface area contributed by atoms with Crippen molar-refractivity contribution in [2.24, 2.45) is 11.8 Å². The summed E-state index contributed by atoms with van der Waals surface area (Å²) in [6.45, 7) is 1.89. The molecule has 0 aromatic heterocycles. The largest absolute Gasteiger partial charge is 0.297 e. The number of aryl methyl sites for hydroxylation is 1. The number of rotatable bonds is 5. The Morgan fingerprint density at radius 1 is 0.522 bits per heavy atom. The number of halogens is 2. The number of Topliss-reactive ketones (excluding diaryl/α,β-unsaturated/α-hetero) is 1. The zero-order chi connectivity index (χ0) is 31.8. The molecule has 5 aromatic carbocycles. The minimum atomic E-state index is -1.49. The van der Waals surface area contributed by atoms with Crippen molar-refractivity contribution < 1.29 is 14.4 Å². The minimum absolute atomic E-state index is 0.191. The molecule has 6 heteroatoms. The van der Waals surface area contributed by atoms with Crippen LogP contribution in [0.15, 0.2) is 133 Å². The second kappa shape index (κ2) is 10.4. The molecule has 1 aliphatic heterocycles. The Morgan fingerprint density at radius 3 is 1.33 bits per heavy atom. The maximum atomic E-state index is 15.9. The zero-order valence-corrected chi connectivity index (χ0v) is 26.3. The van der Waals surface area contributed by atoms with Gasteiger partial charge >= 0.3 is 0 Å². The number of carbonyl (C=O) groups excluding carboxylic acids is 3. The fourth-order valence-corrected chi connectivity index (χ4v) is 8.66. The van der Waals surface area contributed by atoms with Crippen molar-refractivity contribution in [3.05, 3.63) is 171 Å². The summed E-state index contributed by atoms with van der Waals surface area (Å²) in [5, 5.41) is 1.01. The summed E-state index contributed by atoms with van der Waals surface area (Å²) in [7, 11) is 0. The van der Waals surface area contributed by atoms with Crippen molar-refractivity contribution in [2.45, 2.75) is 17.8 Å². The molecule has 2 amide bonds. The molecule has 1 heterocycles. The number of anilines is 1. The molecule has 1 saturated carbocycles. The van der Waals surface area contributed by atoms with E-state index >= 15 is 14.4 Å². The molecule has 2 aliphatic carbocycles. The molecule has 4 unspecified atom stereocenters. The smallest absolute Gasteiger partial charge is 0.239 e. The van der Waals surface area contributed by atoms with E-state index in [0.717, 1.165) is 27.8 Å². The lowest BCUT2D eigenvalue weighted by atomic mass is 9.59. The molecule has 0 spiro atoms. The molecule has 46 heavy (non-hydrogen) atoms. The van der Waals surface area contributed by atoms with Crippen LogP contribution in [0, 0.1) is 18.8 Å². The Balaban J connectivity index is 1.57. The van der Waals surface area contributed by atoms with Gasteiger partial charge in [-0.3, -0.25) is 14.4 Å². The molecule has 2 bridgehead atoms. The van der Waals surface area contributed by atoms with Crippen molar-refractivity contribution in [2.75, 3.05) is 4.90 Å². The molecule has 0 N–H and O–H groups in total. The number of amides is 2. The first-order valence-corrected chi connectivity index (χ1v) is 15.9. The molecule has 3 aliphatic rings. The van der Waals surface area contributed by atoms with Gasteiger partial charge in [0.25, 0.3) is 0 Å². The molecule has 4 atom stereocenters. The van der Waals surface area contributed by atoms with E-state index < -0.39 is 22.7 Å². The lowest BCUT2D eigenvalue weighted by molar-refractivity contribution is -0.130. The van der Waals surface area contributed by atoms with E-state index in [4.69, 9.17) is 23.2 Å². The van der Waals surface area contributed by atoms with Gasteiger partial charge in [-0.1, -0.05) is 126 Å². The predicted molar refractivity (Wildman–Crippen MR) is 182 cm³/mol. The van der Waals surface area contributed by atoms with Gasteiger partial charge in [0.05, 0.1) is 28.4 Å². The van der Waals surface area contributed by atoms with Crippen LogP contribution in [0.2, 0.25) is 10.0 Å². The average Bonchev–Trinajstić information content (AvgIpc) is 3.58. The number of para-hydroxylation sites is 1. The molecule has 5 aromatic rings.